The number of benzene rings is 2. The topological polar surface area (TPSA) is 94.2 Å². The van der Waals surface area contributed by atoms with Crippen LogP contribution in [-0.2, 0) is 21.4 Å². The van der Waals surface area contributed by atoms with Gasteiger partial charge in [-0.05, 0) is 50.1 Å². The Balaban J connectivity index is 1.75. The minimum Gasteiger partial charge on any atom is -0.496 e. The van der Waals surface area contributed by atoms with Crippen LogP contribution < -0.4 is 19.5 Å². The minimum atomic E-state index is -3.89. The summed E-state index contributed by atoms with van der Waals surface area (Å²) in [5.41, 5.74) is 0.719. The summed E-state index contributed by atoms with van der Waals surface area (Å²) in [6, 6.07) is 9.91. The average Bonchev–Trinajstić information content (AvgIpc) is 2.83. The first kappa shape index (κ1) is 25.1. The molecule has 1 aliphatic rings. The number of nitrogens with zero attached hydrogens (tertiary/aromatic N) is 1. The molecule has 1 fully saturated rings. The van der Waals surface area contributed by atoms with Gasteiger partial charge in [0.05, 0.1) is 38.9 Å². The molecule has 1 atom stereocenters. The van der Waals surface area contributed by atoms with Gasteiger partial charge in [0.2, 0.25) is 15.9 Å². The van der Waals surface area contributed by atoms with Crippen LogP contribution in [0.25, 0.3) is 0 Å². The first-order chi connectivity index (χ1) is 15.8. The van der Waals surface area contributed by atoms with E-state index < -0.39 is 15.9 Å². The molecule has 1 N–H and O–H groups in total. The number of hydrogen-bond acceptors (Lipinski definition) is 6. The van der Waals surface area contributed by atoms with Gasteiger partial charge in [-0.2, -0.15) is 4.31 Å². The molecule has 0 unspecified atom stereocenters. The molecule has 1 aliphatic heterocycles. The summed E-state index contributed by atoms with van der Waals surface area (Å²) in [4.78, 5) is 13.0. The van der Waals surface area contributed by atoms with Crippen LogP contribution in [-0.4, -0.2) is 52.5 Å². The summed E-state index contributed by atoms with van der Waals surface area (Å²) in [5, 5.41) is 3.20. The Bertz CT molecular complexity index is 1070. The van der Waals surface area contributed by atoms with Crippen LogP contribution in [0.3, 0.4) is 0 Å². The van der Waals surface area contributed by atoms with Gasteiger partial charge in [-0.15, -0.1) is 0 Å². The molecule has 0 radical (unpaired) electrons. The number of hydrogen-bond donors (Lipinski definition) is 1. The van der Waals surface area contributed by atoms with Crippen molar-refractivity contribution in [1.82, 2.24) is 9.62 Å². The Morgan fingerprint density at radius 1 is 1.15 bits per heavy atom. The van der Waals surface area contributed by atoms with Crippen molar-refractivity contribution < 1.29 is 27.4 Å². The lowest BCUT2D eigenvalue weighted by molar-refractivity contribution is -0.126. The predicted molar refractivity (Wildman–Crippen MR) is 125 cm³/mol. The first-order valence-corrected chi connectivity index (χ1v) is 12.5. The van der Waals surface area contributed by atoms with E-state index in [4.69, 9.17) is 25.8 Å². The summed E-state index contributed by atoms with van der Waals surface area (Å²) in [5.74, 6) is 0.749. The normalized spacial score (nSPS) is 16.8. The van der Waals surface area contributed by atoms with Crippen molar-refractivity contribution in [3.8, 4) is 17.2 Å². The summed E-state index contributed by atoms with van der Waals surface area (Å²) in [6.45, 7) is 2.71. The predicted octanol–water partition coefficient (Wildman–Crippen LogP) is 3.47. The van der Waals surface area contributed by atoms with Gasteiger partial charge in [0.15, 0.2) is 0 Å². The Morgan fingerprint density at radius 2 is 1.85 bits per heavy atom. The van der Waals surface area contributed by atoms with E-state index in [0.717, 1.165) is 5.56 Å². The molecule has 0 aromatic heterocycles. The van der Waals surface area contributed by atoms with Gasteiger partial charge in [-0.3, -0.25) is 4.79 Å². The van der Waals surface area contributed by atoms with Gasteiger partial charge in [0.25, 0.3) is 0 Å². The number of methoxy groups -OCH3 is 2. The zero-order valence-corrected chi connectivity index (χ0v) is 20.5. The van der Waals surface area contributed by atoms with Crippen LogP contribution in [0, 0.1) is 5.92 Å². The zero-order valence-electron chi connectivity index (χ0n) is 19.0. The third-order valence-corrected chi connectivity index (χ3v) is 7.67. The van der Waals surface area contributed by atoms with E-state index in [1.807, 2.05) is 0 Å². The number of ether oxygens (including phenoxy) is 3. The molecule has 3 rings (SSSR count). The Hall–Kier alpha value is -2.49. The number of carbonyl (C=O) groups is 1. The van der Waals surface area contributed by atoms with Crippen molar-refractivity contribution in [2.24, 2.45) is 5.92 Å². The fourth-order valence-electron chi connectivity index (χ4n) is 3.89. The van der Waals surface area contributed by atoms with E-state index in [1.165, 1.54) is 10.4 Å². The highest BCUT2D eigenvalue weighted by atomic mass is 35.5. The number of amides is 1. The maximum atomic E-state index is 13.4. The van der Waals surface area contributed by atoms with Gasteiger partial charge in [0, 0.05) is 18.1 Å². The van der Waals surface area contributed by atoms with Gasteiger partial charge < -0.3 is 19.5 Å². The number of nitrogens with one attached hydrogen (secondary N) is 1. The van der Waals surface area contributed by atoms with Crippen molar-refractivity contribution in [2.75, 3.05) is 33.9 Å². The van der Waals surface area contributed by atoms with E-state index in [2.05, 4.69) is 5.32 Å². The van der Waals surface area contributed by atoms with E-state index in [-0.39, 0.29) is 29.6 Å². The highest BCUT2D eigenvalue weighted by Crippen LogP contribution is 2.32. The van der Waals surface area contributed by atoms with Gasteiger partial charge in [0.1, 0.15) is 22.1 Å². The fraction of sp³-hybridized carbons (Fsp3) is 0.435. The lowest BCUT2D eigenvalue weighted by atomic mass is 9.98. The van der Waals surface area contributed by atoms with Crippen molar-refractivity contribution in [3.63, 3.8) is 0 Å². The lowest BCUT2D eigenvalue weighted by Crippen LogP contribution is -2.45. The maximum Gasteiger partial charge on any atom is 0.246 e. The van der Waals surface area contributed by atoms with Crippen molar-refractivity contribution in [3.05, 3.63) is 47.0 Å². The maximum absolute atomic E-state index is 13.4. The Labute approximate surface area is 199 Å². The van der Waals surface area contributed by atoms with E-state index in [9.17, 15) is 13.2 Å². The molecule has 10 heteroatoms. The van der Waals surface area contributed by atoms with Crippen LogP contribution in [0.1, 0.15) is 25.3 Å². The molecular formula is C23H29ClN2O6S. The van der Waals surface area contributed by atoms with Gasteiger partial charge in [-0.1, -0.05) is 17.7 Å². The van der Waals surface area contributed by atoms with Crippen molar-refractivity contribution in [2.45, 2.75) is 31.2 Å². The molecule has 180 valence electrons. The molecule has 0 aliphatic carbocycles. The smallest absolute Gasteiger partial charge is 0.246 e. The summed E-state index contributed by atoms with van der Waals surface area (Å²) >= 11 is 6.07. The number of piperidine rings is 1. The molecule has 8 nitrogen and oxygen atoms in total. The summed E-state index contributed by atoms with van der Waals surface area (Å²) < 4.78 is 44.3. The summed E-state index contributed by atoms with van der Waals surface area (Å²) in [6.07, 6.45) is 1.16. The van der Waals surface area contributed by atoms with Crippen LogP contribution >= 0.6 is 11.6 Å². The standard InChI is InChI=1S/C23H29ClN2O6S/c1-4-32-21-11-10-17(24)13-22(21)33(28,29)26-12-6-7-16(15-26)23(27)25-14-18-19(30-2)8-5-9-20(18)31-3/h5,8-11,13,16H,4,6-7,12,14-15H2,1-3H3,(H,25,27)/t16-/m1/s1. The van der Waals surface area contributed by atoms with Crippen LogP contribution in [0.2, 0.25) is 5.02 Å². The molecule has 1 heterocycles. The number of sulfonamides is 1. The molecule has 2 aromatic rings. The van der Waals surface area contributed by atoms with Crippen molar-refractivity contribution in [1.29, 1.82) is 0 Å². The quantitative estimate of drug-likeness (QED) is 0.571. The SMILES string of the molecule is CCOc1ccc(Cl)cc1S(=O)(=O)N1CCC[C@@H](C(=O)NCc2c(OC)cccc2OC)C1. The number of rotatable bonds is 9. The monoisotopic (exact) mass is 496 g/mol. The van der Waals surface area contributed by atoms with Crippen LogP contribution in [0.4, 0.5) is 0 Å². The number of carbonyl (C=O) groups excluding carboxylic acids is 1. The van der Waals surface area contributed by atoms with Gasteiger partial charge in [-0.25, -0.2) is 8.42 Å². The van der Waals surface area contributed by atoms with Crippen molar-refractivity contribution >= 4 is 27.5 Å². The summed E-state index contributed by atoms with van der Waals surface area (Å²) in [7, 11) is -0.785. The van der Waals surface area contributed by atoms with Gasteiger partial charge >= 0.3 is 0 Å². The highest BCUT2D eigenvalue weighted by Gasteiger charge is 2.35. The zero-order chi connectivity index (χ0) is 24.0. The molecule has 33 heavy (non-hydrogen) atoms. The highest BCUT2D eigenvalue weighted by molar-refractivity contribution is 7.89. The second-order valence-electron chi connectivity index (χ2n) is 7.59. The largest absolute Gasteiger partial charge is 0.496 e. The van der Waals surface area contributed by atoms with E-state index in [1.54, 1.807) is 51.5 Å². The molecule has 0 saturated carbocycles. The fourth-order valence-corrected chi connectivity index (χ4v) is 5.81. The molecule has 2 aromatic carbocycles. The van der Waals surface area contributed by atoms with E-state index >= 15 is 0 Å². The second-order valence-corrected chi connectivity index (χ2v) is 9.93. The van der Waals surface area contributed by atoms with E-state index in [0.29, 0.717) is 42.5 Å². The number of halogens is 1. The molecule has 0 spiro atoms. The lowest BCUT2D eigenvalue weighted by Gasteiger charge is -2.31. The second kappa shape index (κ2) is 11.1. The molecule has 1 saturated heterocycles. The third-order valence-electron chi connectivity index (χ3n) is 5.55. The first-order valence-electron chi connectivity index (χ1n) is 10.7. The molecule has 0 bridgehead atoms. The third kappa shape index (κ3) is 5.72. The molecular weight excluding hydrogens is 468 g/mol. The van der Waals surface area contributed by atoms with Crippen LogP contribution in [0.5, 0.6) is 17.2 Å². The Kier molecular flexibility index (Phi) is 8.45. The minimum absolute atomic E-state index is 0.0108. The Morgan fingerprint density at radius 3 is 2.48 bits per heavy atom. The van der Waals surface area contributed by atoms with Crippen LogP contribution in [0.15, 0.2) is 41.3 Å². The molecule has 1 amide bonds. The average molecular weight is 497 g/mol.